The summed E-state index contributed by atoms with van der Waals surface area (Å²) in [5.41, 5.74) is 1.08. The van der Waals surface area contributed by atoms with Crippen LogP contribution in [0, 0.1) is 6.92 Å². The van der Waals surface area contributed by atoms with Gasteiger partial charge in [0.15, 0.2) is 5.82 Å². The Kier molecular flexibility index (Phi) is 5.92. The van der Waals surface area contributed by atoms with Crippen LogP contribution < -0.4 is 5.32 Å². The van der Waals surface area contributed by atoms with Crippen LogP contribution in [0.15, 0.2) is 23.0 Å². The third-order valence-electron chi connectivity index (χ3n) is 3.74. The third kappa shape index (κ3) is 4.92. The first-order valence-corrected chi connectivity index (χ1v) is 7.91. The summed E-state index contributed by atoms with van der Waals surface area (Å²) >= 11 is 0. The minimum Gasteiger partial charge on any atom is -0.360 e. The molecule has 1 atom stereocenters. The molecular weight excluding hydrogens is 294 g/mol. The highest BCUT2D eigenvalue weighted by Gasteiger charge is 2.24. The summed E-state index contributed by atoms with van der Waals surface area (Å²) < 4.78 is 6.76. The molecule has 0 aliphatic heterocycles. The molecular formula is C16H25N5O2. The lowest BCUT2D eigenvalue weighted by atomic mass is 10.1. The summed E-state index contributed by atoms with van der Waals surface area (Å²) in [4.78, 5) is 14.7. The number of hydrogen-bond acceptors (Lipinski definition) is 5. The van der Waals surface area contributed by atoms with E-state index in [-0.39, 0.29) is 11.9 Å². The fourth-order valence-electron chi connectivity index (χ4n) is 2.54. The average Bonchev–Trinajstić information content (AvgIpc) is 3.08. The van der Waals surface area contributed by atoms with Gasteiger partial charge in [-0.05, 0) is 20.4 Å². The summed E-state index contributed by atoms with van der Waals surface area (Å²) in [6, 6.07) is 1.50. The first-order chi connectivity index (χ1) is 11.0. The van der Waals surface area contributed by atoms with Gasteiger partial charge in [-0.2, -0.15) is 5.10 Å². The van der Waals surface area contributed by atoms with Gasteiger partial charge in [0.2, 0.25) is 5.91 Å². The summed E-state index contributed by atoms with van der Waals surface area (Å²) in [6.07, 6.45) is 6.63. The molecule has 7 nitrogen and oxygen atoms in total. The van der Waals surface area contributed by atoms with Gasteiger partial charge in [0, 0.05) is 31.4 Å². The summed E-state index contributed by atoms with van der Waals surface area (Å²) in [5.74, 6) is 1.08. The number of anilines is 1. The lowest BCUT2D eigenvalue weighted by Gasteiger charge is -2.26. The van der Waals surface area contributed by atoms with Crippen molar-refractivity contribution in [1.82, 2.24) is 19.8 Å². The SMILES string of the molecule is CCCCC(C(=O)Nc1cc(C)on1)N(C)Cc1cnn(C)c1. The predicted octanol–water partition coefficient (Wildman–Crippen LogP) is 2.35. The van der Waals surface area contributed by atoms with Crippen molar-refractivity contribution in [3.8, 4) is 0 Å². The van der Waals surface area contributed by atoms with Crippen molar-refractivity contribution < 1.29 is 9.32 Å². The molecule has 1 N–H and O–H groups in total. The van der Waals surface area contributed by atoms with E-state index in [9.17, 15) is 4.79 Å². The zero-order chi connectivity index (χ0) is 16.8. The molecule has 7 heteroatoms. The van der Waals surface area contributed by atoms with Crippen LogP contribution >= 0.6 is 0 Å². The lowest BCUT2D eigenvalue weighted by Crippen LogP contribution is -2.41. The van der Waals surface area contributed by atoms with Crippen LogP contribution in [0.1, 0.15) is 37.5 Å². The normalized spacial score (nSPS) is 12.6. The Labute approximate surface area is 136 Å². The fraction of sp³-hybridized carbons (Fsp3) is 0.562. The molecule has 0 aliphatic carbocycles. The number of nitrogens with zero attached hydrogens (tertiary/aromatic N) is 4. The minimum absolute atomic E-state index is 0.0573. The summed E-state index contributed by atoms with van der Waals surface area (Å²) in [7, 11) is 3.85. The molecule has 0 fully saturated rings. The van der Waals surface area contributed by atoms with Crippen molar-refractivity contribution in [3.63, 3.8) is 0 Å². The van der Waals surface area contributed by atoms with E-state index in [1.807, 2.05) is 26.5 Å². The molecule has 2 aromatic heterocycles. The first kappa shape index (κ1) is 17.2. The molecule has 1 unspecified atom stereocenters. The smallest absolute Gasteiger partial charge is 0.242 e. The standard InChI is InChI=1S/C16H25N5O2/c1-5-6-7-14(16(22)18-15-8-12(2)23-19-15)20(3)10-13-9-17-21(4)11-13/h8-9,11,14H,5-7,10H2,1-4H3,(H,18,19,22). The highest BCUT2D eigenvalue weighted by molar-refractivity contribution is 5.93. The predicted molar refractivity (Wildman–Crippen MR) is 87.9 cm³/mol. The van der Waals surface area contributed by atoms with E-state index in [4.69, 9.17) is 4.52 Å². The molecule has 0 saturated carbocycles. The second kappa shape index (κ2) is 7.92. The van der Waals surface area contributed by atoms with Gasteiger partial charge in [-0.3, -0.25) is 14.4 Å². The summed E-state index contributed by atoms with van der Waals surface area (Å²) in [5, 5.41) is 10.8. The van der Waals surface area contributed by atoms with Crippen molar-refractivity contribution in [2.45, 2.75) is 45.7 Å². The maximum Gasteiger partial charge on any atom is 0.242 e. The van der Waals surface area contributed by atoms with Gasteiger partial charge in [0.1, 0.15) is 5.76 Å². The van der Waals surface area contributed by atoms with Gasteiger partial charge in [0.05, 0.1) is 12.2 Å². The van der Waals surface area contributed by atoms with Crippen LogP contribution in [-0.2, 0) is 18.4 Å². The Morgan fingerprint density at radius 3 is 2.87 bits per heavy atom. The van der Waals surface area contributed by atoms with Crippen LogP contribution in [0.25, 0.3) is 0 Å². The van der Waals surface area contributed by atoms with Crippen LogP contribution in [0.5, 0.6) is 0 Å². The topological polar surface area (TPSA) is 76.2 Å². The number of hydrogen-bond donors (Lipinski definition) is 1. The number of amides is 1. The maximum absolute atomic E-state index is 12.6. The number of carbonyl (C=O) groups is 1. The van der Waals surface area contributed by atoms with Gasteiger partial charge in [-0.25, -0.2) is 0 Å². The third-order valence-corrected chi connectivity index (χ3v) is 3.74. The van der Waals surface area contributed by atoms with Crippen LogP contribution in [0.2, 0.25) is 0 Å². The molecule has 0 aliphatic rings. The Bertz CT molecular complexity index is 634. The quantitative estimate of drug-likeness (QED) is 0.808. The van der Waals surface area contributed by atoms with Crippen LogP contribution in [-0.4, -0.2) is 38.8 Å². The van der Waals surface area contributed by atoms with E-state index in [0.717, 1.165) is 24.8 Å². The van der Waals surface area contributed by atoms with Crippen molar-refractivity contribution in [1.29, 1.82) is 0 Å². The number of nitrogens with one attached hydrogen (secondary N) is 1. The average molecular weight is 319 g/mol. The fourth-order valence-corrected chi connectivity index (χ4v) is 2.54. The Hall–Kier alpha value is -2.15. The lowest BCUT2D eigenvalue weighted by molar-refractivity contribution is -0.121. The molecule has 23 heavy (non-hydrogen) atoms. The highest BCUT2D eigenvalue weighted by atomic mass is 16.5. The van der Waals surface area contributed by atoms with Crippen molar-refractivity contribution in [2.24, 2.45) is 7.05 Å². The highest BCUT2D eigenvalue weighted by Crippen LogP contribution is 2.15. The van der Waals surface area contributed by atoms with Gasteiger partial charge >= 0.3 is 0 Å². The molecule has 2 aromatic rings. The Morgan fingerprint density at radius 2 is 2.30 bits per heavy atom. The van der Waals surface area contributed by atoms with Gasteiger partial charge in [-0.15, -0.1) is 0 Å². The number of aryl methyl sites for hydroxylation is 2. The molecule has 0 saturated heterocycles. The maximum atomic E-state index is 12.6. The van der Waals surface area contributed by atoms with E-state index < -0.39 is 0 Å². The van der Waals surface area contributed by atoms with Crippen molar-refractivity contribution >= 4 is 11.7 Å². The number of unbranched alkanes of at least 4 members (excludes halogenated alkanes) is 1. The van der Waals surface area contributed by atoms with Gasteiger partial charge in [0.25, 0.3) is 0 Å². The second-order valence-corrected chi connectivity index (χ2v) is 5.91. The molecule has 1 amide bonds. The van der Waals surface area contributed by atoms with Gasteiger partial charge in [-0.1, -0.05) is 24.9 Å². The number of rotatable bonds is 8. The molecule has 0 spiro atoms. The zero-order valence-electron chi connectivity index (χ0n) is 14.2. The first-order valence-electron chi connectivity index (χ1n) is 7.91. The van der Waals surface area contributed by atoms with Gasteiger partial charge < -0.3 is 9.84 Å². The number of aromatic nitrogens is 3. The van der Waals surface area contributed by atoms with E-state index in [1.54, 1.807) is 17.7 Å². The van der Waals surface area contributed by atoms with E-state index in [0.29, 0.717) is 18.1 Å². The minimum atomic E-state index is -0.216. The molecule has 2 heterocycles. The van der Waals surface area contributed by atoms with Crippen LogP contribution in [0.4, 0.5) is 5.82 Å². The van der Waals surface area contributed by atoms with Crippen molar-refractivity contribution in [3.05, 3.63) is 29.8 Å². The Balaban J connectivity index is 2.03. The molecule has 2 rings (SSSR count). The van der Waals surface area contributed by atoms with Crippen molar-refractivity contribution in [2.75, 3.05) is 12.4 Å². The number of likely N-dealkylation sites (N-methyl/N-ethyl adjacent to an activating group) is 1. The largest absolute Gasteiger partial charge is 0.360 e. The monoisotopic (exact) mass is 319 g/mol. The zero-order valence-corrected chi connectivity index (χ0v) is 14.2. The number of carbonyl (C=O) groups excluding carboxylic acids is 1. The van der Waals surface area contributed by atoms with Crippen LogP contribution in [0.3, 0.4) is 0 Å². The molecule has 0 aromatic carbocycles. The van der Waals surface area contributed by atoms with E-state index in [1.165, 1.54) is 0 Å². The Morgan fingerprint density at radius 1 is 1.52 bits per heavy atom. The second-order valence-electron chi connectivity index (χ2n) is 5.91. The molecule has 0 radical (unpaired) electrons. The van der Waals surface area contributed by atoms with E-state index in [2.05, 4.69) is 27.4 Å². The molecule has 126 valence electrons. The summed E-state index contributed by atoms with van der Waals surface area (Å²) in [6.45, 7) is 4.59. The molecule has 0 bridgehead atoms. The van der Waals surface area contributed by atoms with E-state index >= 15 is 0 Å².